The lowest BCUT2D eigenvalue weighted by Crippen LogP contribution is -2.30. The van der Waals surface area contributed by atoms with E-state index in [1.807, 2.05) is 25.1 Å². The van der Waals surface area contributed by atoms with Gasteiger partial charge in [0.25, 0.3) is 0 Å². The quantitative estimate of drug-likeness (QED) is 0.819. The summed E-state index contributed by atoms with van der Waals surface area (Å²) in [4.78, 5) is 30.1. The van der Waals surface area contributed by atoms with Crippen molar-refractivity contribution in [1.82, 2.24) is 4.98 Å². The zero-order valence-electron chi connectivity index (χ0n) is 13.0. The number of nitrogens with zero attached hydrogens (tertiary/aromatic N) is 1. The number of nitrogens with one attached hydrogen (secondary N) is 1. The summed E-state index contributed by atoms with van der Waals surface area (Å²) in [5.74, 6) is -0.185. The summed E-state index contributed by atoms with van der Waals surface area (Å²) in [6, 6.07) is 5.82. The van der Waals surface area contributed by atoms with Crippen molar-refractivity contribution in [2.45, 2.75) is 39.5 Å². The van der Waals surface area contributed by atoms with E-state index in [9.17, 15) is 9.59 Å². The number of carbonyl (C=O) groups is 2. The molecule has 1 N–H and O–H groups in total. The van der Waals surface area contributed by atoms with Crippen molar-refractivity contribution in [3.63, 3.8) is 0 Å². The first kappa shape index (κ1) is 13.6. The van der Waals surface area contributed by atoms with Gasteiger partial charge in [-0.05, 0) is 50.5 Å². The SMILES string of the molecule is Cc1[nH]c2ccc(N3C(=O)C4CCCCC4C3=O)cc2c1C. The van der Waals surface area contributed by atoms with Crippen LogP contribution in [0.1, 0.15) is 36.9 Å². The van der Waals surface area contributed by atoms with E-state index < -0.39 is 0 Å². The molecule has 1 aliphatic heterocycles. The fraction of sp³-hybridized carbons (Fsp3) is 0.444. The molecule has 4 heteroatoms. The van der Waals surface area contributed by atoms with E-state index in [1.165, 1.54) is 10.5 Å². The van der Waals surface area contributed by atoms with Gasteiger partial charge in [0.15, 0.2) is 0 Å². The standard InChI is InChI=1S/C18H20N2O2/c1-10-11(2)19-16-8-7-12(9-15(10)16)20-17(21)13-5-3-4-6-14(13)18(20)22/h7-9,13-14,19H,3-6H2,1-2H3. The topological polar surface area (TPSA) is 53.2 Å². The molecule has 2 amide bonds. The van der Waals surface area contributed by atoms with Crippen molar-refractivity contribution in [2.75, 3.05) is 4.90 Å². The van der Waals surface area contributed by atoms with Crippen LogP contribution in [0, 0.1) is 25.7 Å². The number of aryl methyl sites for hydroxylation is 2. The predicted molar refractivity (Wildman–Crippen MR) is 85.7 cm³/mol. The summed E-state index contributed by atoms with van der Waals surface area (Å²) in [5, 5.41) is 1.09. The van der Waals surface area contributed by atoms with Gasteiger partial charge >= 0.3 is 0 Å². The van der Waals surface area contributed by atoms with Gasteiger partial charge in [-0.2, -0.15) is 0 Å². The van der Waals surface area contributed by atoms with Crippen LogP contribution in [0.5, 0.6) is 0 Å². The zero-order valence-corrected chi connectivity index (χ0v) is 13.0. The lowest BCUT2D eigenvalue weighted by molar-refractivity contribution is -0.122. The van der Waals surface area contributed by atoms with Crippen LogP contribution in [0.2, 0.25) is 0 Å². The first-order chi connectivity index (χ1) is 10.6. The minimum Gasteiger partial charge on any atom is -0.358 e. The van der Waals surface area contributed by atoms with Crippen LogP contribution < -0.4 is 4.90 Å². The summed E-state index contributed by atoms with van der Waals surface area (Å²) >= 11 is 0. The molecular weight excluding hydrogens is 276 g/mol. The molecule has 1 saturated heterocycles. The van der Waals surface area contributed by atoms with Gasteiger partial charge in [-0.1, -0.05) is 12.8 Å². The second-order valence-corrected chi connectivity index (χ2v) is 6.61. The molecule has 2 aliphatic rings. The molecule has 2 atom stereocenters. The van der Waals surface area contributed by atoms with Crippen LogP contribution in [0.4, 0.5) is 5.69 Å². The van der Waals surface area contributed by atoms with Crippen LogP contribution in [0.3, 0.4) is 0 Å². The molecule has 22 heavy (non-hydrogen) atoms. The maximum Gasteiger partial charge on any atom is 0.237 e. The van der Waals surface area contributed by atoms with Crippen LogP contribution >= 0.6 is 0 Å². The second kappa shape index (κ2) is 4.70. The van der Waals surface area contributed by atoms with Crippen molar-refractivity contribution >= 4 is 28.4 Å². The summed E-state index contributed by atoms with van der Waals surface area (Å²) < 4.78 is 0. The minimum absolute atomic E-state index is 0.000962. The fourth-order valence-electron chi connectivity index (χ4n) is 4.01. The van der Waals surface area contributed by atoms with E-state index in [0.29, 0.717) is 0 Å². The zero-order chi connectivity index (χ0) is 15.4. The maximum absolute atomic E-state index is 12.7. The van der Waals surface area contributed by atoms with Gasteiger partial charge in [0.05, 0.1) is 17.5 Å². The highest BCUT2D eigenvalue weighted by Crippen LogP contribution is 2.40. The third-order valence-corrected chi connectivity index (χ3v) is 5.39. The Hall–Kier alpha value is -2.10. The van der Waals surface area contributed by atoms with Crippen molar-refractivity contribution in [2.24, 2.45) is 11.8 Å². The van der Waals surface area contributed by atoms with Gasteiger partial charge in [0.1, 0.15) is 0 Å². The van der Waals surface area contributed by atoms with Gasteiger partial charge in [-0.15, -0.1) is 0 Å². The van der Waals surface area contributed by atoms with E-state index in [1.54, 1.807) is 0 Å². The number of imide groups is 1. The normalized spacial score (nSPS) is 25.1. The summed E-state index contributed by atoms with van der Waals surface area (Å²) in [6.45, 7) is 4.10. The maximum atomic E-state index is 12.7. The van der Waals surface area contributed by atoms with Crippen molar-refractivity contribution in [1.29, 1.82) is 0 Å². The highest BCUT2D eigenvalue weighted by Gasteiger charge is 2.48. The van der Waals surface area contributed by atoms with E-state index >= 15 is 0 Å². The van der Waals surface area contributed by atoms with Gasteiger partial charge < -0.3 is 4.98 Å². The molecule has 1 aromatic heterocycles. The van der Waals surface area contributed by atoms with E-state index in [4.69, 9.17) is 0 Å². The molecular formula is C18H20N2O2. The monoisotopic (exact) mass is 296 g/mol. The molecule has 0 radical (unpaired) electrons. The number of carbonyl (C=O) groups excluding carboxylic acids is 2. The van der Waals surface area contributed by atoms with E-state index in [-0.39, 0.29) is 23.7 Å². The lowest BCUT2D eigenvalue weighted by atomic mass is 9.81. The molecule has 2 unspecified atom stereocenters. The highest BCUT2D eigenvalue weighted by atomic mass is 16.2. The first-order valence-electron chi connectivity index (χ1n) is 8.04. The molecule has 0 bridgehead atoms. The molecule has 1 saturated carbocycles. The van der Waals surface area contributed by atoms with Gasteiger partial charge in [0, 0.05) is 16.6 Å². The number of aromatic nitrogens is 1. The molecule has 4 rings (SSSR count). The average Bonchev–Trinajstić information content (AvgIpc) is 2.95. The number of benzene rings is 1. The van der Waals surface area contributed by atoms with Crippen molar-refractivity contribution in [3.8, 4) is 0 Å². The van der Waals surface area contributed by atoms with Crippen LogP contribution in [-0.2, 0) is 9.59 Å². The predicted octanol–water partition coefficient (Wildman–Crippen LogP) is 3.46. The Bertz CT molecular complexity index is 766. The molecule has 1 aromatic carbocycles. The lowest BCUT2D eigenvalue weighted by Gasteiger charge is -2.19. The van der Waals surface area contributed by atoms with E-state index in [2.05, 4.69) is 11.9 Å². The number of rotatable bonds is 1. The first-order valence-corrected chi connectivity index (χ1v) is 8.04. The number of amides is 2. The molecule has 1 aliphatic carbocycles. The largest absolute Gasteiger partial charge is 0.358 e. The molecule has 0 spiro atoms. The second-order valence-electron chi connectivity index (χ2n) is 6.61. The number of hydrogen-bond donors (Lipinski definition) is 1. The Morgan fingerprint density at radius 2 is 1.68 bits per heavy atom. The van der Waals surface area contributed by atoms with Crippen LogP contribution in [0.25, 0.3) is 10.9 Å². The smallest absolute Gasteiger partial charge is 0.237 e. The summed E-state index contributed by atoms with van der Waals surface area (Å²) in [6.07, 6.45) is 3.83. The Morgan fingerprint density at radius 1 is 1.05 bits per heavy atom. The average molecular weight is 296 g/mol. The Balaban J connectivity index is 1.79. The van der Waals surface area contributed by atoms with E-state index in [0.717, 1.165) is 48.0 Å². The molecule has 114 valence electrons. The third-order valence-electron chi connectivity index (χ3n) is 5.39. The minimum atomic E-state index is -0.0917. The Labute approximate surface area is 129 Å². The number of hydrogen-bond acceptors (Lipinski definition) is 2. The summed E-state index contributed by atoms with van der Waals surface area (Å²) in [5.41, 5.74) is 4.07. The molecule has 2 aromatic rings. The number of aromatic amines is 1. The van der Waals surface area contributed by atoms with Gasteiger partial charge in [0.2, 0.25) is 11.8 Å². The van der Waals surface area contributed by atoms with Crippen LogP contribution in [-0.4, -0.2) is 16.8 Å². The highest BCUT2D eigenvalue weighted by molar-refractivity contribution is 6.22. The van der Waals surface area contributed by atoms with Crippen molar-refractivity contribution < 1.29 is 9.59 Å². The fourth-order valence-corrected chi connectivity index (χ4v) is 4.01. The number of fused-ring (bicyclic) bond motifs is 2. The molecule has 4 nitrogen and oxygen atoms in total. The Morgan fingerprint density at radius 3 is 2.32 bits per heavy atom. The van der Waals surface area contributed by atoms with Crippen molar-refractivity contribution in [3.05, 3.63) is 29.5 Å². The van der Waals surface area contributed by atoms with Crippen LogP contribution in [0.15, 0.2) is 18.2 Å². The van der Waals surface area contributed by atoms with Gasteiger partial charge in [-0.25, -0.2) is 0 Å². The van der Waals surface area contributed by atoms with Gasteiger partial charge in [-0.3, -0.25) is 14.5 Å². The molecule has 2 heterocycles. The Kier molecular flexibility index (Phi) is 2.90. The third kappa shape index (κ3) is 1.76. The molecule has 2 fully saturated rings. The summed E-state index contributed by atoms with van der Waals surface area (Å²) in [7, 11) is 0. The number of anilines is 1. The number of H-pyrrole nitrogens is 1.